The van der Waals surface area contributed by atoms with Crippen molar-refractivity contribution in [1.29, 1.82) is 0 Å². The monoisotopic (exact) mass is 798 g/mol. The summed E-state index contributed by atoms with van der Waals surface area (Å²) in [6.45, 7) is 0. The summed E-state index contributed by atoms with van der Waals surface area (Å²) in [6, 6.07) is 57.5. The zero-order valence-electron chi connectivity index (χ0n) is 33.0. The molecule has 0 bridgehead atoms. The topological polar surface area (TPSA) is 88.0 Å². The molecule has 0 atom stereocenters. The van der Waals surface area contributed by atoms with Gasteiger partial charge in [-0.15, -0.1) is 0 Å². The van der Waals surface area contributed by atoms with E-state index in [0.717, 1.165) is 128 Å². The van der Waals surface area contributed by atoms with Crippen LogP contribution in [0.25, 0.3) is 134 Å². The van der Waals surface area contributed by atoms with Crippen molar-refractivity contribution in [3.63, 3.8) is 0 Å². The van der Waals surface area contributed by atoms with E-state index in [2.05, 4.69) is 163 Å². The van der Waals surface area contributed by atoms with Gasteiger partial charge in [-0.3, -0.25) is 17.8 Å². The highest BCUT2D eigenvalue weighted by molar-refractivity contribution is 6.08. The number of furan rings is 1. The average Bonchev–Trinajstić information content (AvgIpc) is 4.18. The first-order valence-electron chi connectivity index (χ1n) is 20.7. The van der Waals surface area contributed by atoms with Crippen molar-refractivity contribution in [2.75, 3.05) is 0 Å². The van der Waals surface area contributed by atoms with Gasteiger partial charge in [0.1, 0.15) is 11.2 Å². The number of nitrogens with zero attached hydrogens (tertiary/aromatic N) is 8. The smallest absolute Gasteiger partial charge is 0.307 e. The molecule has 0 fully saturated rings. The van der Waals surface area contributed by atoms with Gasteiger partial charge in [0, 0.05) is 17.8 Å². The summed E-state index contributed by atoms with van der Waals surface area (Å²) < 4.78 is 23.6. The van der Waals surface area contributed by atoms with Crippen LogP contribution in [-0.4, -0.2) is 37.3 Å². The first kappa shape index (κ1) is 32.2. The average molecular weight is 799 g/mol. The number of fused-ring (bicyclic) bond motifs is 18. The van der Waals surface area contributed by atoms with E-state index in [1.54, 1.807) is 0 Å². The van der Waals surface area contributed by atoms with E-state index in [1.807, 2.05) is 30.3 Å². The molecule has 10 nitrogen and oxygen atoms in total. The quantitative estimate of drug-likeness (QED) is 0.178. The van der Waals surface area contributed by atoms with Crippen molar-refractivity contribution < 1.29 is 8.83 Å². The van der Waals surface area contributed by atoms with Crippen LogP contribution in [0.1, 0.15) is 0 Å². The van der Waals surface area contributed by atoms with Crippen molar-refractivity contribution in [2.24, 2.45) is 7.05 Å². The zero-order valence-corrected chi connectivity index (χ0v) is 33.0. The highest BCUT2D eigenvalue weighted by atomic mass is 16.4. The summed E-state index contributed by atoms with van der Waals surface area (Å²) in [5, 5.41) is 2.15. The molecule has 0 amide bonds. The third-order valence-corrected chi connectivity index (χ3v) is 12.9. The maximum atomic E-state index is 6.45. The molecule has 8 aromatic carbocycles. The molecular formula is C52H30N8O2. The number of benzene rings is 8. The Kier molecular flexibility index (Phi) is 5.90. The van der Waals surface area contributed by atoms with Crippen LogP contribution in [0, 0.1) is 0 Å². The molecule has 0 aliphatic rings. The minimum Gasteiger partial charge on any atom is -0.456 e. The van der Waals surface area contributed by atoms with E-state index < -0.39 is 0 Å². The predicted octanol–water partition coefficient (Wildman–Crippen LogP) is 12.5. The van der Waals surface area contributed by atoms with Gasteiger partial charge in [0.25, 0.3) is 0 Å². The molecule has 7 aromatic heterocycles. The summed E-state index contributed by atoms with van der Waals surface area (Å²) >= 11 is 0. The maximum absolute atomic E-state index is 6.45. The van der Waals surface area contributed by atoms with Crippen LogP contribution >= 0.6 is 0 Å². The van der Waals surface area contributed by atoms with Crippen LogP contribution in [0.3, 0.4) is 0 Å². The molecule has 0 saturated heterocycles. The van der Waals surface area contributed by atoms with E-state index >= 15 is 0 Å². The van der Waals surface area contributed by atoms with Gasteiger partial charge in [-0.2, -0.15) is 4.98 Å². The first-order valence-corrected chi connectivity index (χ1v) is 20.7. The minimum absolute atomic E-state index is 0.578. The van der Waals surface area contributed by atoms with E-state index in [9.17, 15) is 0 Å². The van der Waals surface area contributed by atoms with Gasteiger partial charge in [0.2, 0.25) is 11.6 Å². The fourth-order valence-corrected chi connectivity index (χ4v) is 10.0. The van der Waals surface area contributed by atoms with Crippen LogP contribution in [-0.2, 0) is 7.05 Å². The molecule has 0 unspecified atom stereocenters. The number of aromatic nitrogens is 8. The van der Waals surface area contributed by atoms with Crippen LogP contribution in [0.4, 0.5) is 0 Å². The lowest BCUT2D eigenvalue weighted by atomic mass is 9.99. The molecule has 7 heterocycles. The lowest BCUT2D eigenvalue weighted by Gasteiger charge is -2.07. The summed E-state index contributed by atoms with van der Waals surface area (Å²) in [5.74, 6) is 2.35. The Balaban J connectivity index is 0.892. The van der Waals surface area contributed by atoms with Crippen molar-refractivity contribution >= 4 is 106 Å². The Hall–Kier alpha value is -8.63. The van der Waals surface area contributed by atoms with E-state index in [-0.39, 0.29) is 0 Å². The summed E-state index contributed by atoms with van der Waals surface area (Å²) in [5.41, 5.74) is 19.3. The Morgan fingerprint density at radius 2 is 0.935 bits per heavy atom. The number of aryl methyl sites for hydroxylation is 1. The Morgan fingerprint density at radius 3 is 1.66 bits per heavy atom. The number of hydrogen-bond donors (Lipinski definition) is 0. The summed E-state index contributed by atoms with van der Waals surface area (Å²) in [6.07, 6.45) is 0. The maximum Gasteiger partial charge on any atom is 0.307 e. The molecule has 15 aromatic rings. The zero-order chi connectivity index (χ0) is 40.4. The van der Waals surface area contributed by atoms with Crippen LogP contribution in [0.2, 0.25) is 0 Å². The molecule has 0 aliphatic carbocycles. The second kappa shape index (κ2) is 11.3. The molecule has 0 saturated carbocycles. The fourth-order valence-electron chi connectivity index (χ4n) is 10.0. The van der Waals surface area contributed by atoms with Gasteiger partial charge >= 0.3 is 5.84 Å². The van der Waals surface area contributed by atoms with Gasteiger partial charge < -0.3 is 13.4 Å². The van der Waals surface area contributed by atoms with Gasteiger partial charge in [-0.25, -0.2) is 9.97 Å². The molecular weight excluding hydrogens is 769 g/mol. The fraction of sp³-hybridized carbons (Fsp3) is 0.0192. The van der Waals surface area contributed by atoms with E-state index in [1.165, 1.54) is 0 Å². The van der Waals surface area contributed by atoms with Crippen LogP contribution in [0.15, 0.2) is 173 Å². The second-order valence-electron chi connectivity index (χ2n) is 16.3. The number of imidazole rings is 5. The lowest BCUT2D eigenvalue weighted by molar-refractivity contribution is 0.643. The highest BCUT2D eigenvalue weighted by Crippen LogP contribution is 2.39. The molecule has 10 heteroatoms. The minimum atomic E-state index is 0.578. The van der Waals surface area contributed by atoms with Crippen molar-refractivity contribution in [1.82, 2.24) is 37.3 Å². The van der Waals surface area contributed by atoms with Gasteiger partial charge in [0.15, 0.2) is 5.58 Å². The first-order chi connectivity index (χ1) is 30.6. The SMILES string of the molecule is Cn1c2ccc(-c3ccc4oc5ccc(-c6ccc7c(c6)n6c8ccccc8nc6n7-c6ccc7nc8oc9ccccc9n8c7c6)cc5c4c3)cc2n2c3ccccc3nc12. The Morgan fingerprint density at radius 1 is 0.371 bits per heavy atom. The van der Waals surface area contributed by atoms with Crippen LogP contribution in [0.5, 0.6) is 0 Å². The highest BCUT2D eigenvalue weighted by Gasteiger charge is 2.21. The summed E-state index contributed by atoms with van der Waals surface area (Å²) in [7, 11) is 2.08. The van der Waals surface area contributed by atoms with Gasteiger partial charge in [-0.05, 0) is 125 Å². The standard InChI is InChI=1S/C52H30N8O2/c1-56-41-20-14-31(26-45(41)58-39-10-4-2-8-36(39)53-50(56)58)29-16-22-47-34(24-29)35-25-30(17-23-48(35)61-47)32-15-21-42-46(27-32)59-40-11-5-3-9-37(40)54-51(59)57(42)33-18-19-38-44(28-33)60-43-12-6-7-13-49(43)62-52(60)55-38/h2-28H,1H3. The molecule has 0 spiro atoms. The van der Waals surface area contributed by atoms with Gasteiger partial charge in [-0.1, -0.05) is 60.7 Å². The summed E-state index contributed by atoms with van der Waals surface area (Å²) in [4.78, 5) is 15.0. The number of oxazole rings is 1. The Bertz CT molecular complexity index is 4430. The largest absolute Gasteiger partial charge is 0.456 e. The normalized spacial score (nSPS) is 12.6. The molecule has 62 heavy (non-hydrogen) atoms. The van der Waals surface area contributed by atoms with E-state index in [0.29, 0.717) is 5.84 Å². The Labute approximate surface area is 349 Å². The van der Waals surface area contributed by atoms with E-state index in [4.69, 9.17) is 23.8 Å². The molecule has 0 N–H and O–H groups in total. The lowest BCUT2D eigenvalue weighted by Crippen LogP contribution is -1.95. The molecule has 0 aliphatic heterocycles. The molecule has 290 valence electrons. The molecule has 0 radical (unpaired) electrons. The third-order valence-electron chi connectivity index (χ3n) is 12.9. The van der Waals surface area contributed by atoms with Gasteiger partial charge in [0.05, 0.1) is 66.4 Å². The second-order valence-corrected chi connectivity index (χ2v) is 16.3. The molecule has 15 rings (SSSR count). The number of para-hydroxylation sites is 6. The van der Waals surface area contributed by atoms with Crippen molar-refractivity contribution in [2.45, 2.75) is 0 Å². The third kappa shape index (κ3) is 4.14. The number of rotatable bonds is 3. The van der Waals surface area contributed by atoms with Crippen LogP contribution < -0.4 is 0 Å². The number of hydrogen-bond acceptors (Lipinski definition) is 5. The van der Waals surface area contributed by atoms with Crippen molar-refractivity contribution in [3.05, 3.63) is 164 Å². The van der Waals surface area contributed by atoms with Crippen molar-refractivity contribution in [3.8, 4) is 27.9 Å². The predicted molar refractivity (Wildman–Crippen MR) is 246 cm³/mol.